The zero-order valence-electron chi connectivity index (χ0n) is 13.1. The molecule has 0 aliphatic heterocycles. The van der Waals surface area contributed by atoms with Crippen LogP contribution in [0.2, 0.25) is 0 Å². The molecule has 1 atom stereocenters. The molecule has 0 spiro atoms. The number of halogens is 1. The first-order chi connectivity index (χ1) is 10.2. The highest BCUT2D eigenvalue weighted by molar-refractivity contribution is 14.0. The normalized spacial score (nSPS) is 12.6. The third-order valence-electron chi connectivity index (χ3n) is 3.13. The summed E-state index contributed by atoms with van der Waals surface area (Å²) >= 11 is 1.79. The number of hydrogen-bond acceptors (Lipinski definition) is 4. The van der Waals surface area contributed by atoms with Crippen LogP contribution in [0.4, 0.5) is 0 Å². The minimum atomic E-state index is 0. The molecule has 8 heteroatoms. The number of thiophene rings is 1. The second-order valence-electron chi connectivity index (χ2n) is 4.85. The molecule has 1 unspecified atom stereocenters. The van der Waals surface area contributed by atoms with Crippen molar-refractivity contribution in [2.24, 2.45) is 12.0 Å². The summed E-state index contributed by atoms with van der Waals surface area (Å²) in [5.41, 5.74) is 0. The molecule has 22 heavy (non-hydrogen) atoms. The first-order valence-corrected chi connectivity index (χ1v) is 7.97. The second kappa shape index (κ2) is 9.78. The van der Waals surface area contributed by atoms with Crippen molar-refractivity contribution in [3.05, 3.63) is 34.5 Å². The number of nitrogens with zero attached hydrogens (tertiary/aromatic N) is 4. The topological polar surface area (TPSA) is 67.1 Å². The van der Waals surface area contributed by atoms with Gasteiger partial charge in [-0.05, 0) is 18.4 Å². The summed E-state index contributed by atoms with van der Waals surface area (Å²) in [6.45, 7) is 6.47. The number of aromatic nitrogens is 3. The summed E-state index contributed by atoms with van der Waals surface area (Å²) < 4.78 is 1.88. The predicted octanol–water partition coefficient (Wildman–Crippen LogP) is 2.35. The molecular formula is C14H23IN6S. The van der Waals surface area contributed by atoms with E-state index in [4.69, 9.17) is 0 Å². The molecule has 0 saturated carbocycles. The van der Waals surface area contributed by atoms with Crippen LogP contribution in [-0.2, 0) is 13.6 Å². The number of nitrogens with one attached hydrogen (secondary N) is 2. The van der Waals surface area contributed by atoms with E-state index in [0.29, 0.717) is 12.5 Å². The zero-order chi connectivity index (χ0) is 15.1. The average molecular weight is 434 g/mol. The number of guanidine groups is 1. The summed E-state index contributed by atoms with van der Waals surface area (Å²) in [5.74, 6) is 2.12. The van der Waals surface area contributed by atoms with Crippen LogP contribution in [0.3, 0.4) is 0 Å². The maximum absolute atomic E-state index is 4.54. The van der Waals surface area contributed by atoms with Crippen LogP contribution in [0.15, 0.2) is 28.8 Å². The molecule has 2 heterocycles. The summed E-state index contributed by atoms with van der Waals surface area (Å²) in [6, 6.07) is 4.25. The predicted molar refractivity (Wildman–Crippen MR) is 102 cm³/mol. The first-order valence-electron chi connectivity index (χ1n) is 7.09. The highest BCUT2D eigenvalue weighted by Gasteiger charge is 2.07. The van der Waals surface area contributed by atoms with Gasteiger partial charge < -0.3 is 15.2 Å². The summed E-state index contributed by atoms with van der Waals surface area (Å²) in [6.07, 6.45) is 1.68. The van der Waals surface area contributed by atoms with Gasteiger partial charge in [-0.15, -0.1) is 45.5 Å². The van der Waals surface area contributed by atoms with Gasteiger partial charge in [0.1, 0.15) is 12.9 Å². The van der Waals surface area contributed by atoms with Crippen LogP contribution in [0.25, 0.3) is 0 Å². The Kier molecular flexibility index (Phi) is 8.39. The minimum absolute atomic E-state index is 0. The van der Waals surface area contributed by atoms with Crippen molar-refractivity contribution in [2.45, 2.75) is 26.3 Å². The molecule has 0 aromatic carbocycles. The Bertz CT molecular complexity index is 566. The molecule has 122 valence electrons. The van der Waals surface area contributed by atoms with Crippen LogP contribution in [0.1, 0.15) is 30.5 Å². The number of aliphatic imine (C=N–C) groups is 1. The lowest BCUT2D eigenvalue weighted by Crippen LogP contribution is -2.39. The lowest BCUT2D eigenvalue weighted by molar-refractivity contribution is 0.704. The van der Waals surface area contributed by atoms with E-state index in [0.717, 1.165) is 24.9 Å². The summed E-state index contributed by atoms with van der Waals surface area (Å²) in [7, 11) is 1.92. The lowest BCUT2D eigenvalue weighted by atomic mass is 10.1. The van der Waals surface area contributed by atoms with Gasteiger partial charge in [-0.25, -0.2) is 4.99 Å². The molecule has 0 amide bonds. The molecule has 0 saturated heterocycles. The van der Waals surface area contributed by atoms with E-state index in [9.17, 15) is 0 Å². The van der Waals surface area contributed by atoms with Crippen LogP contribution in [0.5, 0.6) is 0 Å². The van der Waals surface area contributed by atoms with Crippen molar-refractivity contribution in [1.82, 2.24) is 25.4 Å². The molecule has 0 bridgehead atoms. The van der Waals surface area contributed by atoms with E-state index in [1.165, 1.54) is 4.88 Å². The smallest absolute Gasteiger partial charge is 0.191 e. The van der Waals surface area contributed by atoms with Gasteiger partial charge in [0.05, 0.1) is 0 Å². The average Bonchev–Trinajstić information content (AvgIpc) is 3.13. The molecule has 0 fully saturated rings. The molecule has 2 aromatic heterocycles. The number of rotatable bonds is 6. The quantitative estimate of drug-likeness (QED) is 0.416. The van der Waals surface area contributed by atoms with Crippen LogP contribution >= 0.6 is 35.3 Å². The van der Waals surface area contributed by atoms with Gasteiger partial charge in [-0.2, -0.15) is 0 Å². The van der Waals surface area contributed by atoms with Gasteiger partial charge in [0.25, 0.3) is 0 Å². The van der Waals surface area contributed by atoms with Crippen molar-refractivity contribution < 1.29 is 0 Å². The van der Waals surface area contributed by atoms with Gasteiger partial charge in [-0.3, -0.25) is 0 Å². The van der Waals surface area contributed by atoms with Crippen molar-refractivity contribution in [1.29, 1.82) is 0 Å². The standard InChI is InChI=1S/C14H22N6S.HI/c1-4-15-14(17-9-13-19-18-10-20(13)3)16-8-11(2)12-6-5-7-21-12;/h5-7,10-11H,4,8-9H2,1-3H3,(H2,15,16,17);1H. The fourth-order valence-corrected chi connectivity index (χ4v) is 2.65. The van der Waals surface area contributed by atoms with Gasteiger partial charge in [0, 0.05) is 30.9 Å². The fraction of sp³-hybridized carbons (Fsp3) is 0.500. The first kappa shape index (κ1) is 18.9. The monoisotopic (exact) mass is 434 g/mol. The van der Waals surface area contributed by atoms with Crippen molar-refractivity contribution in [3.63, 3.8) is 0 Å². The Morgan fingerprint density at radius 3 is 2.86 bits per heavy atom. The van der Waals surface area contributed by atoms with E-state index in [1.54, 1.807) is 17.7 Å². The SMILES string of the molecule is CCNC(=NCc1nncn1C)NCC(C)c1cccs1.I. The molecule has 6 nitrogen and oxygen atoms in total. The van der Waals surface area contributed by atoms with Gasteiger partial charge in [0.15, 0.2) is 11.8 Å². The Hall–Kier alpha value is -1.16. The summed E-state index contributed by atoms with van der Waals surface area (Å²) in [4.78, 5) is 5.93. The Morgan fingerprint density at radius 2 is 2.27 bits per heavy atom. The molecule has 2 aromatic rings. The number of aryl methyl sites for hydroxylation is 1. The van der Waals surface area contributed by atoms with Crippen molar-refractivity contribution in [3.8, 4) is 0 Å². The lowest BCUT2D eigenvalue weighted by Gasteiger charge is -2.14. The van der Waals surface area contributed by atoms with Gasteiger partial charge in [-0.1, -0.05) is 13.0 Å². The minimum Gasteiger partial charge on any atom is -0.357 e. The summed E-state index contributed by atoms with van der Waals surface area (Å²) in [5, 5.41) is 16.6. The Labute approximate surface area is 152 Å². The van der Waals surface area contributed by atoms with E-state index in [1.807, 2.05) is 11.6 Å². The molecule has 2 rings (SSSR count). The third-order valence-corrected chi connectivity index (χ3v) is 4.24. The van der Waals surface area contributed by atoms with Crippen LogP contribution in [-0.4, -0.2) is 33.8 Å². The van der Waals surface area contributed by atoms with Crippen molar-refractivity contribution in [2.75, 3.05) is 13.1 Å². The molecule has 0 aliphatic rings. The van der Waals surface area contributed by atoms with E-state index >= 15 is 0 Å². The fourth-order valence-electron chi connectivity index (χ4n) is 1.86. The van der Waals surface area contributed by atoms with Gasteiger partial charge in [0.2, 0.25) is 0 Å². The third kappa shape index (κ3) is 5.56. The van der Waals surface area contributed by atoms with E-state index in [-0.39, 0.29) is 24.0 Å². The number of hydrogen-bond donors (Lipinski definition) is 2. The molecular weight excluding hydrogens is 411 g/mol. The zero-order valence-corrected chi connectivity index (χ0v) is 16.3. The largest absolute Gasteiger partial charge is 0.357 e. The van der Waals surface area contributed by atoms with Crippen molar-refractivity contribution >= 4 is 41.3 Å². The molecule has 0 radical (unpaired) electrons. The molecule has 0 aliphatic carbocycles. The van der Waals surface area contributed by atoms with E-state index in [2.05, 4.69) is 57.2 Å². The van der Waals surface area contributed by atoms with E-state index < -0.39 is 0 Å². The maximum atomic E-state index is 4.54. The highest BCUT2D eigenvalue weighted by atomic mass is 127. The Balaban J connectivity index is 0.00000242. The highest BCUT2D eigenvalue weighted by Crippen LogP contribution is 2.19. The van der Waals surface area contributed by atoms with Crippen LogP contribution in [0, 0.1) is 0 Å². The molecule has 2 N–H and O–H groups in total. The Morgan fingerprint density at radius 1 is 1.45 bits per heavy atom. The maximum Gasteiger partial charge on any atom is 0.191 e. The van der Waals surface area contributed by atoms with Gasteiger partial charge >= 0.3 is 0 Å². The van der Waals surface area contributed by atoms with Crippen LogP contribution < -0.4 is 10.6 Å². The second-order valence-corrected chi connectivity index (χ2v) is 5.83.